The number of likely N-dealkylation sites (tertiary alicyclic amines) is 1. The summed E-state index contributed by atoms with van der Waals surface area (Å²) in [5.74, 6) is 0. The third-order valence-corrected chi connectivity index (χ3v) is 4.33. The van der Waals surface area contributed by atoms with Crippen LogP contribution in [0.4, 0.5) is 0 Å². The Balaban J connectivity index is 1.79. The van der Waals surface area contributed by atoms with E-state index in [1.54, 1.807) is 0 Å². The summed E-state index contributed by atoms with van der Waals surface area (Å²) in [6.07, 6.45) is 5.97. The molecule has 2 N–H and O–H groups in total. The van der Waals surface area contributed by atoms with Gasteiger partial charge in [0.25, 0.3) is 0 Å². The van der Waals surface area contributed by atoms with E-state index in [1.165, 1.54) is 19.3 Å². The van der Waals surface area contributed by atoms with E-state index in [1.807, 2.05) is 0 Å². The van der Waals surface area contributed by atoms with Gasteiger partial charge in [-0.15, -0.1) is 0 Å². The first-order valence-electron chi connectivity index (χ1n) is 7.25. The molecule has 100 valence electrons. The number of aliphatic hydroxyl groups excluding tert-OH is 1. The molecule has 0 amide bonds. The second-order valence-corrected chi connectivity index (χ2v) is 6.35. The van der Waals surface area contributed by atoms with Crippen molar-refractivity contribution >= 4 is 0 Å². The fourth-order valence-electron chi connectivity index (χ4n) is 2.69. The number of hydrogen-bond donors (Lipinski definition) is 2. The van der Waals surface area contributed by atoms with Gasteiger partial charge in [0.2, 0.25) is 0 Å². The number of nitrogens with one attached hydrogen (secondary N) is 1. The molecule has 1 heterocycles. The molecule has 3 heteroatoms. The zero-order chi connectivity index (χ0) is 12.3. The van der Waals surface area contributed by atoms with Crippen LogP contribution in [0.25, 0.3) is 0 Å². The largest absolute Gasteiger partial charge is 0.392 e. The van der Waals surface area contributed by atoms with Crippen LogP contribution in [0.2, 0.25) is 0 Å². The van der Waals surface area contributed by atoms with Gasteiger partial charge in [0.15, 0.2) is 0 Å². The van der Waals surface area contributed by atoms with E-state index >= 15 is 0 Å². The Morgan fingerprint density at radius 3 is 2.71 bits per heavy atom. The maximum absolute atomic E-state index is 9.72. The minimum atomic E-state index is -0.0961. The molecule has 0 aromatic rings. The summed E-state index contributed by atoms with van der Waals surface area (Å²) in [4.78, 5) is 2.45. The van der Waals surface area contributed by atoms with E-state index in [0.717, 1.165) is 45.1 Å². The Bertz CT molecular complexity index is 242. The minimum absolute atomic E-state index is 0.0961. The van der Waals surface area contributed by atoms with Crippen LogP contribution in [-0.4, -0.2) is 48.3 Å². The van der Waals surface area contributed by atoms with Gasteiger partial charge >= 0.3 is 0 Å². The highest BCUT2D eigenvalue weighted by Crippen LogP contribution is 2.26. The van der Waals surface area contributed by atoms with Crippen molar-refractivity contribution < 1.29 is 5.11 Å². The molecule has 2 fully saturated rings. The summed E-state index contributed by atoms with van der Waals surface area (Å²) in [5, 5.41) is 13.4. The van der Waals surface area contributed by atoms with Gasteiger partial charge in [-0.25, -0.2) is 0 Å². The molecule has 0 bridgehead atoms. The van der Waals surface area contributed by atoms with E-state index < -0.39 is 0 Å². The lowest BCUT2D eigenvalue weighted by atomic mass is 9.86. The molecule has 0 spiro atoms. The number of nitrogens with zero attached hydrogens (tertiary/aromatic N) is 1. The summed E-state index contributed by atoms with van der Waals surface area (Å²) >= 11 is 0. The fraction of sp³-hybridized carbons (Fsp3) is 1.00. The Hall–Kier alpha value is -0.120. The van der Waals surface area contributed by atoms with E-state index in [-0.39, 0.29) is 6.10 Å². The molecule has 0 aromatic carbocycles. The van der Waals surface area contributed by atoms with E-state index in [4.69, 9.17) is 0 Å². The zero-order valence-corrected chi connectivity index (χ0v) is 11.4. The molecule has 2 rings (SSSR count). The summed E-state index contributed by atoms with van der Waals surface area (Å²) in [6, 6.07) is 0.799. The summed E-state index contributed by atoms with van der Waals surface area (Å²) < 4.78 is 0. The van der Waals surface area contributed by atoms with E-state index in [0.29, 0.717) is 5.41 Å². The SMILES string of the molecule is CCC(C)(CNC1CC1)CN1CCCC(O)C1. The molecule has 0 aromatic heterocycles. The summed E-state index contributed by atoms with van der Waals surface area (Å²) in [7, 11) is 0. The van der Waals surface area contributed by atoms with Gasteiger partial charge in [-0.1, -0.05) is 13.8 Å². The highest BCUT2D eigenvalue weighted by Gasteiger charge is 2.30. The van der Waals surface area contributed by atoms with Gasteiger partial charge in [0.1, 0.15) is 0 Å². The molecule has 1 saturated carbocycles. The molecule has 3 nitrogen and oxygen atoms in total. The fourth-order valence-corrected chi connectivity index (χ4v) is 2.69. The van der Waals surface area contributed by atoms with Crippen molar-refractivity contribution in [3.63, 3.8) is 0 Å². The average Bonchev–Trinajstić information content (AvgIpc) is 3.10. The smallest absolute Gasteiger partial charge is 0.0667 e. The second-order valence-electron chi connectivity index (χ2n) is 6.35. The van der Waals surface area contributed by atoms with Crippen molar-refractivity contribution in [1.82, 2.24) is 10.2 Å². The van der Waals surface area contributed by atoms with Crippen LogP contribution < -0.4 is 5.32 Å². The molecule has 1 saturated heterocycles. The van der Waals surface area contributed by atoms with Crippen molar-refractivity contribution in [1.29, 1.82) is 0 Å². The zero-order valence-electron chi connectivity index (χ0n) is 11.4. The van der Waals surface area contributed by atoms with Gasteiger partial charge in [-0.05, 0) is 44.1 Å². The van der Waals surface area contributed by atoms with Crippen molar-refractivity contribution in [2.24, 2.45) is 5.41 Å². The number of aliphatic hydroxyl groups is 1. The predicted octanol–water partition coefficient (Wildman–Crippen LogP) is 1.61. The maximum Gasteiger partial charge on any atom is 0.0667 e. The van der Waals surface area contributed by atoms with Crippen LogP contribution >= 0.6 is 0 Å². The quantitative estimate of drug-likeness (QED) is 0.740. The monoisotopic (exact) mass is 240 g/mol. The molecular weight excluding hydrogens is 212 g/mol. The predicted molar refractivity (Wildman–Crippen MR) is 71.1 cm³/mol. The molecular formula is C14H28N2O. The molecule has 1 aliphatic carbocycles. The second kappa shape index (κ2) is 5.68. The topological polar surface area (TPSA) is 35.5 Å². The van der Waals surface area contributed by atoms with Crippen molar-refractivity contribution in [2.75, 3.05) is 26.2 Å². The number of hydrogen-bond acceptors (Lipinski definition) is 3. The van der Waals surface area contributed by atoms with Crippen LogP contribution in [0.15, 0.2) is 0 Å². The van der Waals surface area contributed by atoms with Crippen molar-refractivity contribution in [3.05, 3.63) is 0 Å². The van der Waals surface area contributed by atoms with E-state index in [9.17, 15) is 5.11 Å². The molecule has 2 aliphatic rings. The molecule has 0 radical (unpaired) electrons. The van der Waals surface area contributed by atoms with Gasteiger partial charge < -0.3 is 15.3 Å². The Labute approximate surface area is 106 Å². The number of β-amino-alcohol motifs (C(OH)–C–C–N with tert-alkyl or cyclic N) is 1. The maximum atomic E-state index is 9.72. The van der Waals surface area contributed by atoms with E-state index in [2.05, 4.69) is 24.1 Å². The van der Waals surface area contributed by atoms with Crippen LogP contribution in [-0.2, 0) is 0 Å². The minimum Gasteiger partial charge on any atom is -0.392 e. The molecule has 2 atom stereocenters. The van der Waals surface area contributed by atoms with Crippen LogP contribution in [0, 0.1) is 5.41 Å². The first kappa shape index (κ1) is 13.3. The third-order valence-electron chi connectivity index (χ3n) is 4.33. The standard InChI is InChI=1S/C14H28N2O/c1-3-14(2,10-15-12-6-7-12)11-16-8-4-5-13(17)9-16/h12-13,15,17H,3-11H2,1-2H3. The van der Waals surface area contributed by atoms with Crippen LogP contribution in [0.3, 0.4) is 0 Å². The van der Waals surface area contributed by atoms with Crippen molar-refractivity contribution in [3.8, 4) is 0 Å². The van der Waals surface area contributed by atoms with Crippen LogP contribution in [0.5, 0.6) is 0 Å². The molecule has 17 heavy (non-hydrogen) atoms. The Morgan fingerprint density at radius 1 is 1.35 bits per heavy atom. The highest BCUT2D eigenvalue weighted by atomic mass is 16.3. The average molecular weight is 240 g/mol. The lowest BCUT2D eigenvalue weighted by Gasteiger charge is -2.38. The first-order chi connectivity index (χ1) is 8.11. The van der Waals surface area contributed by atoms with Gasteiger partial charge in [0, 0.05) is 25.7 Å². The normalized spacial score (nSPS) is 30.2. The van der Waals surface area contributed by atoms with Gasteiger partial charge in [-0.3, -0.25) is 0 Å². The summed E-state index contributed by atoms with van der Waals surface area (Å²) in [6.45, 7) is 8.95. The first-order valence-corrected chi connectivity index (χ1v) is 7.25. The molecule has 1 aliphatic heterocycles. The van der Waals surface area contributed by atoms with Crippen LogP contribution in [0.1, 0.15) is 46.0 Å². The van der Waals surface area contributed by atoms with Gasteiger partial charge in [0.05, 0.1) is 6.10 Å². The third kappa shape index (κ3) is 4.23. The highest BCUT2D eigenvalue weighted by molar-refractivity contribution is 4.87. The lowest BCUT2D eigenvalue weighted by Crippen LogP contribution is -2.47. The number of piperidine rings is 1. The Kier molecular flexibility index (Phi) is 4.45. The van der Waals surface area contributed by atoms with Gasteiger partial charge in [-0.2, -0.15) is 0 Å². The summed E-state index contributed by atoms with van der Waals surface area (Å²) in [5.41, 5.74) is 0.361. The number of rotatable bonds is 6. The lowest BCUT2D eigenvalue weighted by molar-refractivity contribution is 0.0455. The Morgan fingerprint density at radius 2 is 2.12 bits per heavy atom. The van der Waals surface area contributed by atoms with Crippen molar-refractivity contribution in [2.45, 2.75) is 58.1 Å². The molecule has 2 unspecified atom stereocenters.